The first-order valence-electron chi connectivity index (χ1n) is 4.90. The lowest BCUT2D eigenvalue weighted by Gasteiger charge is -2.06. The second-order valence-electron chi connectivity index (χ2n) is 3.58. The SMILES string of the molecule is Clc1cccc2nc3ccccc3c(Cl)c12. The van der Waals surface area contributed by atoms with Gasteiger partial charge < -0.3 is 0 Å². The monoisotopic (exact) mass is 247 g/mol. The van der Waals surface area contributed by atoms with E-state index in [0.29, 0.717) is 10.0 Å². The molecule has 0 aliphatic carbocycles. The normalized spacial score (nSPS) is 11.1. The smallest absolute Gasteiger partial charge is 0.0739 e. The summed E-state index contributed by atoms with van der Waals surface area (Å²) in [7, 11) is 0. The van der Waals surface area contributed by atoms with E-state index in [1.54, 1.807) is 0 Å². The van der Waals surface area contributed by atoms with E-state index < -0.39 is 0 Å². The Labute approximate surface area is 103 Å². The van der Waals surface area contributed by atoms with Crippen LogP contribution < -0.4 is 0 Å². The quantitative estimate of drug-likeness (QED) is 0.525. The molecule has 0 amide bonds. The summed E-state index contributed by atoms with van der Waals surface area (Å²) in [5.41, 5.74) is 1.72. The van der Waals surface area contributed by atoms with E-state index in [9.17, 15) is 0 Å². The van der Waals surface area contributed by atoms with Gasteiger partial charge in [-0.1, -0.05) is 47.5 Å². The van der Waals surface area contributed by atoms with Gasteiger partial charge in [0.15, 0.2) is 0 Å². The van der Waals surface area contributed by atoms with Crippen LogP contribution >= 0.6 is 23.2 Å². The molecule has 0 atom stereocenters. The average molecular weight is 248 g/mol. The maximum absolute atomic E-state index is 6.36. The summed E-state index contributed by atoms with van der Waals surface area (Å²) in [6.45, 7) is 0. The zero-order chi connectivity index (χ0) is 11.1. The molecule has 0 spiro atoms. The van der Waals surface area contributed by atoms with Crippen molar-refractivity contribution in [2.24, 2.45) is 0 Å². The standard InChI is InChI=1S/C13H7Cl2N/c14-9-5-3-7-11-12(9)13(15)8-4-1-2-6-10(8)16-11/h1-7H. The number of hydrogen-bond donors (Lipinski definition) is 0. The summed E-state index contributed by atoms with van der Waals surface area (Å²) in [6.07, 6.45) is 0. The highest BCUT2D eigenvalue weighted by molar-refractivity contribution is 6.45. The topological polar surface area (TPSA) is 12.9 Å². The molecule has 0 bridgehead atoms. The van der Waals surface area contributed by atoms with Crippen LogP contribution in [-0.4, -0.2) is 4.98 Å². The molecule has 0 radical (unpaired) electrons. The van der Waals surface area contributed by atoms with Crippen LogP contribution in [0.25, 0.3) is 21.8 Å². The number of para-hydroxylation sites is 1. The lowest BCUT2D eigenvalue weighted by molar-refractivity contribution is 1.50. The second-order valence-corrected chi connectivity index (χ2v) is 4.36. The summed E-state index contributed by atoms with van der Waals surface area (Å²) in [6, 6.07) is 13.4. The van der Waals surface area contributed by atoms with E-state index in [4.69, 9.17) is 23.2 Å². The van der Waals surface area contributed by atoms with Gasteiger partial charge in [-0.15, -0.1) is 0 Å². The minimum Gasteiger partial charge on any atom is -0.248 e. The van der Waals surface area contributed by atoms with Gasteiger partial charge in [-0.25, -0.2) is 4.98 Å². The molecule has 3 rings (SSSR count). The van der Waals surface area contributed by atoms with E-state index in [1.807, 2.05) is 42.5 Å². The number of benzene rings is 2. The predicted octanol–water partition coefficient (Wildman–Crippen LogP) is 4.69. The molecule has 3 heteroatoms. The Morgan fingerprint density at radius 2 is 1.56 bits per heavy atom. The maximum atomic E-state index is 6.36. The van der Waals surface area contributed by atoms with Gasteiger partial charge >= 0.3 is 0 Å². The molecule has 1 aromatic heterocycles. The van der Waals surface area contributed by atoms with Crippen LogP contribution in [0, 0.1) is 0 Å². The maximum Gasteiger partial charge on any atom is 0.0739 e. The molecule has 0 N–H and O–H groups in total. The van der Waals surface area contributed by atoms with Crippen LogP contribution in [0.2, 0.25) is 10.0 Å². The Kier molecular flexibility index (Phi) is 2.23. The molecule has 0 unspecified atom stereocenters. The van der Waals surface area contributed by atoms with Gasteiger partial charge in [0.05, 0.1) is 21.1 Å². The number of hydrogen-bond acceptors (Lipinski definition) is 1. The third-order valence-electron chi connectivity index (χ3n) is 2.59. The number of halogens is 2. The minimum atomic E-state index is 0.640. The van der Waals surface area contributed by atoms with Gasteiger partial charge in [-0.2, -0.15) is 0 Å². The number of nitrogens with zero attached hydrogens (tertiary/aromatic N) is 1. The van der Waals surface area contributed by atoms with E-state index >= 15 is 0 Å². The Morgan fingerprint density at radius 1 is 0.812 bits per heavy atom. The van der Waals surface area contributed by atoms with Gasteiger partial charge in [0.2, 0.25) is 0 Å². The Morgan fingerprint density at radius 3 is 2.44 bits per heavy atom. The second kappa shape index (κ2) is 3.62. The van der Waals surface area contributed by atoms with Crippen molar-refractivity contribution in [3.63, 3.8) is 0 Å². The molecule has 0 aliphatic rings. The van der Waals surface area contributed by atoms with E-state index in [0.717, 1.165) is 21.8 Å². The van der Waals surface area contributed by atoms with E-state index in [-0.39, 0.29) is 0 Å². The number of aromatic nitrogens is 1. The zero-order valence-electron chi connectivity index (χ0n) is 8.24. The first-order valence-corrected chi connectivity index (χ1v) is 5.65. The van der Waals surface area contributed by atoms with Gasteiger partial charge in [0, 0.05) is 10.8 Å². The van der Waals surface area contributed by atoms with Crippen LogP contribution in [-0.2, 0) is 0 Å². The fourth-order valence-corrected chi connectivity index (χ4v) is 2.52. The molecular formula is C13H7Cl2N. The molecule has 16 heavy (non-hydrogen) atoms. The first kappa shape index (κ1) is 9.88. The highest BCUT2D eigenvalue weighted by Gasteiger charge is 2.08. The third-order valence-corrected chi connectivity index (χ3v) is 3.30. The number of rotatable bonds is 0. The van der Waals surface area contributed by atoms with Crippen molar-refractivity contribution in [1.29, 1.82) is 0 Å². The van der Waals surface area contributed by atoms with Crippen molar-refractivity contribution in [3.8, 4) is 0 Å². The summed E-state index contributed by atoms with van der Waals surface area (Å²) in [5, 5.41) is 3.07. The minimum absolute atomic E-state index is 0.640. The molecule has 0 fully saturated rings. The molecule has 1 nitrogen and oxygen atoms in total. The van der Waals surface area contributed by atoms with Crippen molar-refractivity contribution in [3.05, 3.63) is 52.5 Å². The fraction of sp³-hybridized carbons (Fsp3) is 0. The van der Waals surface area contributed by atoms with Crippen molar-refractivity contribution in [1.82, 2.24) is 4.98 Å². The van der Waals surface area contributed by atoms with Gasteiger partial charge in [0.1, 0.15) is 0 Å². The molecule has 0 aliphatic heterocycles. The van der Waals surface area contributed by atoms with Gasteiger partial charge in [-0.05, 0) is 18.2 Å². The summed E-state index contributed by atoms with van der Waals surface area (Å²) in [5.74, 6) is 0. The highest BCUT2D eigenvalue weighted by Crippen LogP contribution is 2.34. The highest BCUT2D eigenvalue weighted by atomic mass is 35.5. The van der Waals surface area contributed by atoms with Crippen molar-refractivity contribution >= 4 is 45.0 Å². The predicted molar refractivity (Wildman–Crippen MR) is 69.3 cm³/mol. The molecular weight excluding hydrogens is 241 g/mol. The zero-order valence-corrected chi connectivity index (χ0v) is 9.76. The summed E-state index contributed by atoms with van der Waals surface area (Å²) >= 11 is 12.5. The average Bonchev–Trinajstić information content (AvgIpc) is 2.29. The Balaban J connectivity index is 2.62. The van der Waals surface area contributed by atoms with Crippen LogP contribution in [0.4, 0.5) is 0 Å². The molecule has 1 heterocycles. The van der Waals surface area contributed by atoms with Crippen LogP contribution in [0.5, 0.6) is 0 Å². The largest absolute Gasteiger partial charge is 0.248 e. The molecule has 3 aromatic rings. The molecule has 0 saturated carbocycles. The van der Waals surface area contributed by atoms with Crippen LogP contribution in [0.1, 0.15) is 0 Å². The number of pyridine rings is 1. The molecule has 0 saturated heterocycles. The van der Waals surface area contributed by atoms with Crippen molar-refractivity contribution in [2.75, 3.05) is 0 Å². The third kappa shape index (κ3) is 1.36. The lowest BCUT2D eigenvalue weighted by atomic mass is 10.1. The molecule has 2 aromatic carbocycles. The number of fused-ring (bicyclic) bond motifs is 2. The van der Waals surface area contributed by atoms with Crippen LogP contribution in [0.15, 0.2) is 42.5 Å². The van der Waals surface area contributed by atoms with Gasteiger partial charge in [-0.3, -0.25) is 0 Å². The summed E-state index contributed by atoms with van der Waals surface area (Å²) < 4.78 is 0. The Bertz CT molecular complexity index is 692. The molecule has 78 valence electrons. The van der Waals surface area contributed by atoms with E-state index in [2.05, 4.69) is 4.98 Å². The Hall–Kier alpha value is -1.31. The van der Waals surface area contributed by atoms with Crippen LogP contribution in [0.3, 0.4) is 0 Å². The lowest BCUT2D eigenvalue weighted by Crippen LogP contribution is -1.84. The van der Waals surface area contributed by atoms with E-state index in [1.165, 1.54) is 0 Å². The van der Waals surface area contributed by atoms with Gasteiger partial charge in [0.25, 0.3) is 0 Å². The summed E-state index contributed by atoms with van der Waals surface area (Å²) in [4.78, 5) is 4.53. The first-order chi connectivity index (χ1) is 7.77. The fourth-order valence-electron chi connectivity index (χ4n) is 1.84. The van der Waals surface area contributed by atoms with Crippen molar-refractivity contribution in [2.45, 2.75) is 0 Å². The van der Waals surface area contributed by atoms with Crippen molar-refractivity contribution < 1.29 is 0 Å².